The molecule has 79 valence electrons. The molecule has 0 saturated carbocycles. The highest BCUT2D eigenvalue weighted by atomic mass is 15.0. The smallest absolute Gasteiger partial charge is 0.0705 e. The fraction of sp³-hybridized carbons (Fsp3) is 0.143. The van der Waals surface area contributed by atoms with Crippen molar-refractivity contribution in [3.63, 3.8) is 0 Å². The minimum Gasteiger partial charge on any atom is -0.342 e. The van der Waals surface area contributed by atoms with Crippen LogP contribution >= 0.6 is 0 Å². The summed E-state index contributed by atoms with van der Waals surface area (Å²) in [5, 5.41) is 2.52. The molecule has 0 fully saturated rings. The first-order valence-corrected chi connectivity index (χ1v) is 5.35. The van der Waals surface area contributed by atoms with E-state index in [-0.39, 0.29) is 0 Å². The lowest BCUT2D eigenvalue weighted by atomic mass is 10.1. The summed E-state index contributed by atoms with van der Waals surface area (Å²) < 4.78 is 2.20. The summed E-state index contributed by atoms with van der Waals surface area (Å²) in [5.41, 5.74) is 4.32. The van der Waals surface area contributed by atoms with Crippen LogP contribution in [0, 0.1) is 13.8 Å². The van der Waals surface area contributed by atoms with Gasteiger partial charge in [0.1, 0.15) is 0 Å². The number of hydrogen-bond donors (Lipinski definition) is 0. The standard InChI is InChI=1S/C14H13N2/c1-9-8-12-11-6-4-5-7-13(11)16(3)14(12)10(2)15-9/h4-8H,1H2,2-3H3. The number of para-hydroxylation sites is 1. The largest absolute Gasteiger partial charge is 0.342 e. The Bertz CT molecular complexity index is 693. The number of nitrogens with zero attached hydrogens (tertiary/aromatic N) is 2. The molecule has 1 radical (unpaired) electrons. The van der Waals surface area contributed by atoms with Gasteiger partial charge >= 0.3 is 0 Å². The van der Waals surface area contributed by atoms with Crippen LogP contribution in [0.25, 0.3) is 21.8 Å². The molecule has 0 aliphatic carbocycles. The van der Waals surface area contributed by atoms with Crippen molar-refractivity contribution in [1.82, 2.24) is 9.55 Å². The van der Waals surface area contributed by atoms with Gasteiger partial charge in [0.2, 0.25) is 0 Å². The maximum Gasteiger partial charge on any atom is 0.0705 e. The molecule has 0 spiro atoms. The van der Waals surface area contributed by atoms with Crippen LogP contribution in [0.3, 0.4) is 0 Å². The van der Waals surface area contributed by atoms with E-state index in [2.05, 4.69) is 53.9 Å². The van der Waals surface area contributed by atoms with Gasteiger partial charge in [-0.2, -0.15) is 0 Å². The van der Waals surface area contributed by atoms with Crippen molar-refractivity contribution in [3.05, 3.63) is 48.6 Å². The summed E-state index contributed by atoms with van der Waals surface area (Å²) in [6.45, 7) is 5.96. The topological polar surface area (TPSA) is 17.8 Å². The fourth-order valence-corrected chi connectivity index (χ4v) is 2.47. The molecular formula is C14H13N2. The average Bonchev–Trinajstić information content (AvgIpc) is 2.54. The third kappa shape index (κ3) is 1.10. The predicted octanol–water partition coefficient (Wildman–Crippen LogP) is 3.22. The number of benzene rings is 1. The Hall–Kier alpha value is -1.83. The van der Waals surface area contributed by atoms with E-state index >= 15 is 0 Å². The van der Waals surface area contributed by atoms with Gasteiger partial charge in [0, 0.05) is 29.0 Å². The SMILES string of the molecule is [CH2]c1cc2c3ccccc3n(C)c2c(C)n1. The van der Waals surface area contributed by atoms with E-state index < -0.39 is 0 Å². The van der Waals surface area contributed by atoms with Crippen LogP contribution in [0.1, 0.15) is 11.4 Å². The van der Waals surface area contributed by atoms with Crippen molar-refractivity contribution in [2.75, 3.05) is 0 Å². The van der Waals surface area contributed by atoms with Gasteiger partial charge < -0.3 is 4.57 Å². The van der Waals surface area contributed by atoms with Crippen molar-refractivity contribution in [3.8, 4) is 0 Å². The van der Waals surface area contributed by atoms with Crippen molar-refractivity contribution in [1.29, 1.82) is 0 Å². The van der Waals surface area contributed by atoms with Gasteiger partial charge in [0.25, 0.3) is 0 Å². The van der Waals surface area contributed by atoms with E-state index in [9.17, 15) is 0 Å². The third-order valence-electron chi connectivity index (χ3n) is 3.11. The highest BCUT2D eigenvalue weighted by molar-refractivity contribution is 6.08. The molecule has 1 aromatic carbocycles. The molecule has 3 rings (SSSR count). The van der Waals surface area contributed by atoms with Gasteiger partial charge in [-0.3, -0.25) is 4.98 Å². The monoisotopic (exact) mass is 209 g/mol. The number of aryl methyl sites for hydroxylation is 2. The molecule has 16 heavy (non-hydrogen) atoms. The van der Waals surface area contributed by atoms with Gasteiger partial charge in [-0.1, -0.05) is 18.2 Å². The van der Waals surface area contributed by atoms with Crippen LogP contribution in [0.5, 0.6) is 0 Å². The third-order valence-corrected chi connectivity index (χ3v) is 3.11. The van der Waals surface area contributed by atoms with E-state index in [4.69, 9.17) is 0 Å². The van der Waals surface area contributed by atoms with Crippen LogP contribution in [-0.4, -0.2) is 9.55 Å². The van der Waals surface area contributed by atoms with Crippen LogP contribution < -0.4 is 0 Å². The predicted molar refractivity (Wildman–Crippen MR) is 67.4 cm³/mol. The maximum atomic E-state index is 4.43. The molecule has 2 heterocycles. The summed E-state index contributed by atoms with van der Waals surface area (Å²) in [5.74, 6) is 0. The Morgan fingerprint density at radius 3 is 2.75 bits per heavy atom. The minimum absolute atomic E-state index is 0.835. The lowest BCUT2D eigenvalue weighted by Crippen LogP contribution is -1.92. The number of fused-ring (bicyclic) bond motifs is 3. The molecule has 0 unspecified atom stereocenters. The van der Waals surface area contributed by atoms with E-state index in [1.54, 1.807) is 0 Å². The van der Waals surface area contributed by atoms with E-state index in [0.29, 0.717) is 0 Å². The summed E-state index contributed by atoms with van der Waals surface area (Å²) in [7, 11) is 2.09. The molecule has 2 nitrogen and oxygen atoms in total. The highest BCUT2D eigenvalue weighted by Gasteiger charge is 2.10. The number of pyridine rings is 1. The summed E-state index contributed by atoms with van der Waals surface area (Å²) >= 11 is 0. The fourth-order valence-electron chi connectivity index (χ4n) is 2.47. The number of hydrogen-bond acceptors (Lipinski definition) is 1. The first-order valence-electron chi connectivity index (χ1n) is 5.35. The molecule has 0 N–H and O–H groups in total. The first-order chi connectivity index (χ1) is 7.68. The molecule has 0 bridgehead atoms. The maximum absolute atomic E-state index is 4.43. The van der Waals surface area contributed by atoms with Crippen molar-refractivity contribution >= 4 is 21.8 Å². The normalized spacial score (nSPS) is 11.4. The summed E-state index contributed by atoms with van der Waals surface area (Å²) in [6.07, 6.45) is 0. The minimum atomic E-state index is 0.835. The second-order valence-corrected chi connectivity index (χ2v) is 4.17. The van der Waals surface area contributed by atoms with Crippen molar-refractivity contribution < 1.29 is 0 Å². The molecule has 0 aliphatic heterocycles. The molecule has 2 heteroatoms. The molecule has 0 amide bonds. The summed E-state index contributed by atoms with van der Waals surface area (Å²) in [4.78, 5) is 4.43. The van der Waals surface area contributed by atoms with E-state index in [1.807, 2.05) is 6.92 Å². The van der Waals surface area contributed by atoms with Gasteiger partial charge in [0.05, 0.1) is 11.2 Å². The second kappa shape index (κ2) is 3.08. The Balaban J connectivity index is 2.67. The van der Waals surface area contributed by atoms with Gasteiger partial charge in [-0.05, 0) is 26.0 Å². The Kier molecular flexibility index (Phi) is 1.81. The van der Waals surface area contributed by atoms with E-state index in [0.717, 1.165) is 11.4 Å². The number of rotatable bonds is 0. The summed E-state index contributed by atoms with van der Waals surface area (Å²) in [6, 6.07) is 10.5. The van der Waals surface area contributed by atoms with Crippen LogP contribution in [0.2, 0.25) is 0 Å². The Labute approximate surface area is 94.5 Å². The van der Waals surface area contributed by atoms with Crippen molar-refractivity contribution in [2.45, 2.75) is 6.92 Å². The average molecular weight is 209 g/mol. The lowest BCUT2D eigenvalue weighted by molar-refractivity contribution is 0.995. The van der Waals surface area contributed by atoms with Crippen LogP contribution in [0.4, 0.5) is 0 Å². The van der Waals surface area contributed by atoms with Gasteiger partial charge in [-0.15, -0.1) is 0 Å². The first kappa shape index (κ1) is 9.40. The molecule has 3 aromatic rings. The van der Waals surface area contributed by atoms with Crippen LogP contribution in [0.15, 0.2) is 30.3 Å². The van der Waals surface area contributed by atoms with Crippen LogP contribution in [-0.2, 0) is 7.05 Å². The quantitative estimate of drug-likeness (QED) is 0.556. The second-order valence-electron chi connectivity index (χ2n) is 4.17. The van der Waals surface area contributed by atoms with Gasteiger partial charge in [-0.25, -0.2) is 0 Å². The molecule has 0 aliphatic rings. The Morgan fingerprint density at radius 1 is 1.19 bits per heavy atom. The molecule has 2 aromatic heterocycles. The van der Waals surface area contributed by atoms with Crippen molar-refractivity contribution in [2.24, 2.45) is 7.05 Å². The zero-order valence-electron chi connectivity index (χ0n) is 9.49. The lowest BCUT2D eigenvalue weighted by Gasteiger charge is -2.01. The molecule has 0 saturated heterocycles. The molecular weight excluding hydrogens is 196 g/mol. The van der Waals surface area contributed by atoms with E-state index in [1.165, 1.54) is 21.8 Å². The molecule has 0 atom stereocenters. The number of aromatic nitrogens is 2. The zero-order valence-corrected chi connectivity index (χ0v) is 9.49. The highest BCUT2D eigenvalue weighted by Crippen LogP contribution is 2.29. The zero-order chi connectivity index (χ0) is 11.3. The Morgan fingerprint density at radius 2 is 1.94 bits per heavy atom. The van der Waals surface area contributed by atoms with Gasteiger partial charge in [0.15, 0.2) is 0 Å².